The van der Waals surface area contributed by atoms with Gasteiger partial charge in [-0.15, -0.1) is 0 Å². The molecule has 2 amide bonds. The van der Waals surface area contributed by atoms with E-state index in [1.807, 2.05) is 121 Å². The van der Waals surface area contributed by atoms with Crippen LogP contribution in [-0.4, -0.2) is 11.8 Å². The summed E-state index contributed by atoms with van der Waals surface area (Å²) in [7, 11) is 0. The third kappa shape index (κ3) is 5.96. The summed E-state index contributed by atoms with van der Waals surface area (Å²) < 4.78 is 0. The number of hydrogen-bond acceptors (Lipinski definition) is 6. The van der Waals surface area contributed by atoms with Gasteiger partial charge < -0.3 is 33.2 Å². The van der Waals surface area contributed by atoms with Crippen LogP contribution < -0.4 is 33.2 Å². The van der Waals surface area contributed by atoms with Crippen molar-refractivity contribution in [3.8, 4) is 0 Å². The lowest BCUT2D eigenvalue weighted by atomic mass is 9.71. The Morgan fingerprint density at radius 3 is 1.61 bits per heavy atom. The lowest BCUT2D eigenvalue weighted by Gasteiger charge is -2.32. The smallest absolute Gasteiger partial charge is 0.255 e. The molecule has 0 aliphatic heterocycles. The van der Waals surface area contributed by atoms with Gasteiger partial charge in [-0.3, -0.25) is 9.59 Å². The lowest BCUT2D eigenvalue weighted by molar-refractivity contribution is -0.121. The van der Waals surface area contributed by atoms with E-state index in [4.69, 9.17) is 17.2 Å². The number of carbonyl (C=O) groups is 2. The largest absolute Gasteiger partial charge is 0.399 e. The highest BCUT2D eigenvalue weighted by atomic mass is 16.2. The quantitative estimate of drug-likeness (QED) is 0.114. The summed E-state index contributed by atoms with van der Waals surface area (Å²) in [6.45, 7) is 0. The zero-order valence-corrected chi connectivity index (χ0v) is 23.9. The van der Waals surface area contributed by atoms with Gasteiger partial charge in [0.25, 0.3) is 5.91 Å². The van der Waals surface area contributed by atoms with Crippen molar-refractivity contribution >= 4 is 57.7 Å². The fourth-order valence-electron chi connectivity index (χ4n) is 5.31. The van der Waals surface area contributed by atoms with E-state index in [1.54, 1.807) is 6.07 Å². The van der Waals surface area contributed by atoms with Crippen LogP contribution >= 0.6 is 0 Å². The van der Waals surface area contributed by atoms with Gasteiger partial charge in [-0.1, -0.05) is 30.4 Å². The van der Waals surface area contributed by atoms with Gasteiger partial charge in [-0.25, -0.2) is 0 Å². The number of nitrogens with one attached hydrogen (secondary N) is 3. The molecule has 0 radical (unpaired) electrons. The van der Waals surface area contributed by atoms with Crippen molar-refractivity contribution < 1.29 is 9.59 Å². The topological polar surface area (TPSA) is 148 Å². The molecular weight excluding hydrogens is 548 g/mol. The summed E-state index contributed by atoms with van der Waals surface area (Å²) in [5, 5.41) is 9.59. The van der Waals surface area contributed by atoms with Crippen molar-refractivity contribution in [1.29, 1.82) is 0 Å². The van der Waals surface area contributed by atoms with Gasteiger partial charge in [0, 0.05) is 45.4 Å². The van der Waals surface area contributed by atoms with Gasteiger partial charge in [0.15, 0.2) is 0 Å². The van der Waals surface area contributed by atoms with Gasteiger partial charge in [-0.05, 0) is 120 Å². The number of benzene rings is 5. The minimum atomic E-state index is -1.00. The number of rotatable bonds is 8. The molecule has 5 aromatic rings. The molecule has 1 unspecified atom stereocenters. The van der Waals surface area contributed by atoms with Crippen LogP contribution in [0.1, 0.15) is 27.0 Å². The molecular formula is C36H32N6O2. The number of primary amides is 1. The highest BCUT2D eigenvalue weighted by Gasteiger charge is 2.38. The van der Waals surface area contributed by atoms with Gasteiger partial charge >= 0.3 is 0 Å². The van der Waals surface area contributed by atoms with E-state index in [0.717, 1.165) is 39.4 Å². The number of fused-ring (bicyclic) bond motifs is 1. The first kappa shape index (κ1) is 28.1. The molecule has 1 aliphatic rings. The number of amides is 2. The molecule has 0 aromatic heterocycles. The molecule has 0 fully saturated rings. The zero-order chi connectivity index (χ0) is 30.7. The van der Waals surface area contributed by atoms with Gasteiger partial charge in [0.1, 0.15) is 0 Å². The predicted octanol–water partition coefficient (Wildman–Crippen LogP) is 6.58. The minimum Gasteiger partial charge on any atom is -0.399 e. The first-order valence-corrected chi connectivity index (χ1v) is 14.2. The van der Waals surface area contributed by atoms with Crippen molar-refractivity contribution in [3.05, 3.63) is 144 Å². The molecule has 0 saturated carbocycles. The Morgan fingerprint density at radius 2 is 1.09 bits per heavy atom. The lowest BCUT2D eigenvalue weighted by Crippen LogP contribution is -2.42. The van der Waals surface area contributed by atoms with Crippen LogP contribution in [0.3, 0.4) is 0 Å². The second-order valence-electron chi connectivity index (χ2n) is 10.9. The second kappa shape index (κ2) is 11.7. The molecule has 8 nitrogen and oxygen atoms in total. The second-order valence-corrected chi connectivity index (χ2v) is 10.9. The maximum Gasteiger partial charge on any atom is 0.255 e. The molecule has 1 atom stereocenters. The summed E-state index contributed by atoms with van der Waals surface area (Å²) in [6.07, 6.45) is 4.11. The number of carbonyl (C=O) groups excluding carboxylic acids is 2. The molecule has 5 aromatic carbocycles. The monoisotopic (exact) mass is 580 g/mol. The Kier molecular flexibility index (Phi) is 7.47. The van der Waals surface area contributed by atoms with E-state index in [0.29, 0.717) is 29.0 Å². The summed E-state index contributed by atoms with van der Waals surface area (Å²) in [5.74, 6) is -0.661. The van der Waals surface area contributed by atoms with E-state index >= 15 is 0 Å². The van der Waals surface area contributed by atoms with Crippen molar-refractivity contribution in [2.24, 2.45) is 5.73 Å². The Hall–Kier alpha value is -6.02. The van der Waals surface area contributed by atoms with Crippen LogP contribution in [0.15, 0.2) is 121 Å². The van der Waals surface area contributed by atoms with Crippen molar-refractivity contribution in [3.63, 3.8) is 0 Å². The van der Waals surface area contributed by atoms with Crippen LogP contribution in [0.4, 0.5) is 39.8 Å². The van der Waals surface area contributed by atoms with Crippen LogP contribution in [0.5, 0.6) is 0 Å². The normalized spacial score (nSPS) is 15.2. The van der Waals surface area contributed by atoms with Crippen molar-refractivity contribution in [1.82, 2.24) is 0 Å². The Morgan fingerprint density at radius 1 is 0.614 bits per heavy atom. The fraction of sp³-hybridized carbons (Fsp3) is 0.0556. The first-order valence-electron chi connectivity index (χ1n) is 14.2. The molecule has 0 saturated heterocycles. The number of nitrogen functional groups attached to an aromatic ring is 2. The third-order valence-corrected chi connectivity index (χ3v) is 7.81. The minimum absolute atomic E-state index is 0.226. The highest BCUT2D eigenvalue weighted by Crippen LogP contribution is 2.37. The average molecular weight is 581 g/mol. The summed E-state index contributed by atoms with van der Waals surface area (Å²) in [4.78, 5) is 26.0. The summed E-state index contributed by atoms with van der Waals surface area (Å²) in [6, 6.07) is 35.6. The van der Waals surface area contributed by atoms with E-state index in [-0.39, 0.29) is 5.91 Å². The van der Waals surface area contributed by atoms with E-state index in [1.165, 1.54) is 0 Å². The molecule has 0 heterocycles. The zero-order valence-electron chi connectivity index (χ0n) is 23.9. The highest BCUT2D eigenvalue weighted by molar-refractivity contribution is 6.05. The van der Waals surface area contributed by atoms with Crippen molar-refractivity contribution in [2.75, 3.05) is 27.4 Å². The number of nitrogens with two attached hydrogens (primary N) is 3. The standard InChI is InChI=1S/C36H32N6O2/c37-27-5-11-30(12-6-27)40-29-9-3-26(4-10-29)36(35(39)44)20-19-23-21-24(1-2-25(23)22-36)34(43)42-33-17-15-32(16-18-33)41-31-13-7-28(38)8-14-31/h1-21,40-41H,22,37-38H2,(H2,39,44)(H,42,43). The summed E-state index contributed by atoms with van der Waals surface area (Å²) >= 11 is 0. The van der Waals surface area contributed by atoms with E-state index < -0.39 is 11.3 Å². The molecule has 0 spiro atoms. The Labute approximate surface area is 255 Å². The molecule has 1 aliphatic carbocycles. The van der Waals surface area contributed by atoms with Crippen LogP contribution in [0, 0.1) is 0 Å². The van der Waals surface area contributed by atoms with Gasteiger partial charge in [-0.2, -0.15) is 0 Å². The van der Waals surface area contributed by atoms with Gasteiger partial charge in [0.05, 0.1) is 5.41 Å². The Balaban J connectivity index is 1.14. The predicted molar refractivity (Wildman–Crippen MR) is 179 cm³/mol. The molecule has 218 valence electrons. The molecule has 8 heteroatoms. The first-order chi connectivity index (χ1) is 21.3. The summed E-state index contributed by atoms with van der Waals surface area (Å²) in [5.41, 5.74) is 25.3. The third-order valence-electron chi connectivity index (χ3n) is 7.81. The molecule has 6 rings (SSSR count). The average Bonchev–Trinajstić information content (AvgIpc) is 3.04. The van der Waals surface area contributed by atoms with Gasteiger partial charge in [0.2, 0.25) is 5.91 Å². The molecule has 0 bridgehead atoms. The van der Waals surface area contributed by atoms with Crippen LogP contribution in [0.25, 0.3) is 6.08 Å². The number of hydrogen-bond donors (Lipinski definition) is 6. The van der Waals surface area contributed by atoms with Crippen LogP contribution in [0.2, 0.25) is 0 Å². The maximum absolute atomic E-state index is 13.1. The molecule has 9 N–H and O–H groups in total. The SMILES string of the molecule is NC(=O)C1(c2ccc(Nc3ccc(N)cc3)cc2)C=Cc2cc(C(=O)Nc3ccc(Nc4ccc(N)cc4)cc3)ccc2C1. The van der Waals surface area contributed by atoms with Crippen molar-refractivity contribution in [2.45, 2.75) is 11.8 Å². The maximum atomic E-state index is 13.1. The number of anilines is 7. The van der Waals surface area contributed by atoms with E-state index in [9.17, 15) is 9.59 Å². The molecule has 44 heavy (non-hydrogen) atoms. The van der Waals surface area contributed by atoms with Crippen LogP contribution in [-0.2, 0) is 16.6 Å². The fourth-order valence-corrected chi connectivity index (χ4v) is 5.31. The van der Waals surface area contributed by atoms with E-state index in [2.05, 4.69) is 16.0 Å². The Bertz CT molecular complexity index is 1850.